The van der Waals surface area contributed by atoms with Crippen LogP contribution in [-0.4, -0.2) is 16.1 Å². The second-order valence-corrected chi connectivity index (χ2v) is 3.68. The summed E-state index contributed by atoms with van der Waals surface area (Å²) in [7, 11) is 0. The smallest absolute Gasteiger partial charge is 0.335 e. The van der Waals surface area contributed by atoms with Crippen LogP contribution in [0.4, 0.5) is 0 Å². The highest BCUT2D eigenvalue weighted by Gasteiger charge is 2.05. The van der Waals surface area contributed by atoms with Crippen LogP contribution in [-0.2, 0) is 0 Å². The summed E-state index contributed by atoms with van der Waals surface area (Å²) in [5.74, 6) is -0.948. The van der Waals surface area contributed by atoms with Gasteiger partial charge in [-0.1, -0.05) is 23.7 Å². The predicted molar refractivity (Wildman–Crippen MR) is 61.6 cm³/mol. The van der Waals surface area contributed by atoms with Crippen molar-refractivity contribution in [2.45, 2.75) is 0 Å². The Balaban J connectivity index is 2.44. The number of carboxylic acid groups (broad SMARTS) is 1. The third kappa shape index (κ3) is 2.20. The van der Waals surface area contributed by atoms with Crippen LogP contribution in [0.5, 0.6) is 0 Å². The maximum atomic E-state index is 10.8. The van der Waals surface area contributed by atoms with Crippen molar-refractivity contribution in [2.24, 2.45) is 0 Å². The molecule has 0 bridgehead atoms. The quantitative estimate of drug-likeness (QED) is 0.867. The van der Waals surface area contributed by atoms with E-state index in [-0.39, 0.29) is 5.56 Å². The fourth-order valence-electron chi connectivity index (χ4n) is 1.36. The van der Waals surface area contributed by atoms with E-state index in [0.29, 0.717) is 10.7 Å². The second kappa shape index (κ2) is 4.33. The van der Waals surface area contributed by atoms with E-state index in [9.17, 15) is 4.79 Å². The van der Waals surface area contributed by atoms with Gasteiger partial charge in [-0.25, -0.2) is 4.79 Å². The first-order chi connectivity index (χ1) is 7.66. The minimum atomic E-state index is -0.948. The predicted octanol–water partition coefficient (Wildman–Crippen LogP) is 3.10. The zero-order valence-corrected chi connectivity index (χ0v) is 8.98. The Bertz CT molecular complexity index is 523. The summed E-state index contributed by atoms with van der Waals surface area (Å²) in [5.41, 5.74) is 1.71. The van der Waals surface area contributed by atoms with Crippen LogP contribution in [0, 0.1) is 0 Å². The average Bonchev–Trinajstić information content (AvgIpc) is 2.30. The molecule has 0 spiro atoms. The summed E-state index contributed by atoms with van der Waals surface area (Å²) in [6.07, 6.45) is 1.53. The lowest BCUT2D eigenvalue weighted by molar-refractivity contribution is 0.0697. The minimum Gasteiger partial charge on any atom is -0.478 e. The first kappa shape index (κ1) is 10.6. The van der Waals surface area contributed by atoms with Crippen molar-refractivity contribution >= 4 is 17.6 Å². The van der Waals surface area contributed by atoms with Crippen molar-refractivity contribution in [2.75, 3.05) is 0 Å². The largest absolute Gasteiger partial charge is 0.478 e. The fourth-order valence-corrected chi connectivity index (χ4v) is 1.47. The van der Waals surface area contributed by atoms with E-state index in [2.05, 4.69) is 4.98 Å². The lowest BCUT2D eigenvalue weighted by Gasteiger charge is -2.01. The molecule has 0 saturated heterocycles. The Kier molecular flexibility index (Phi) is 2.88. The van der Waals surface area contributed by atoms with Crippen LogP contribution in [0.25, 0.3) is 11.3 Å². The highest BCUT2D eigenvalue weighted by atomic mass is 35.5. The van der Waals surface area contributed by atoms with Crippen LogP contribution < -0.4 is 0 Å². The van der Waals surface area contributed by atoms with Crippen molar-refractivity contribution < 1.29 is 9.90 Å². The van der Waals surface area contributed by atoms with Gasteiger partial charge in [0.2, 0.25) is 0 Å². The number of hydrogen-bond acceptors (Lipinski definition) is 2. The van der Waals surface area contributed by atoms with Gasteiger partial charge in [0, 0.05) is 11.8 Å². The monoisotopic (exact) mass is 233 g/mol. The van der Waals surface area contributed by atoms with Gasteiger partial charge in [0.25, 0.3) is 0 Å². The Morgan fingerprint density at radius 1 is 1.25 bits per heavy atom. The molecule has 80 valence electrons. The van der Waals surface area contributed by atoms with E-state index < -0.39 is 5.97 Å². The number of aromatic nitrogens is 1. The molecule has 0 saturated carbocycles. The number of hydrogen-bond donors (Lipinski definition) is 1. The molecule has 2 rings (SSSR count). The van der Waals surface area contributed by atoms with Crippen LogP contribution in [0.1, 0.15) is 10.4 Å². The van der Waals surface area contributed by atoms with Crippen LogP contribution in [0.3, 0.4) is 0 Å². The van der Waals surface area contributed by atoms with Crippen LogP contribution in [0.2, 0.25) is 5.02 Å². The Labute approximate surface area is 97.3 Å². The van der Waals surface area contributed by atoms with E-state index in [1.807, 2.05) is 6.07 Å². The molecule has 2 aromatic rings. The number of benzene rings is 1. The average molecular weight is 234 g/mol. The van der Waals surface area contributed by atoms with Crippen molar-refractivity contribution in [1.82, 2.24) is 4.98 Å². The maximum Gasteiger partial charge on any atom is 0.335 e. The molecule has 1 N–H and O–H groups in total. The Morgan fingerprint density at radius 3 is 2.69 bits per heavy atom. The lowest BCUT2D eigenvalue weighted by Crippen LogP contribution is -1.96. The standard InChI is InChI=1S/C12H8ClNO2/c13-10-4-5-11(14-7-10)8-2-1-3-9(6-8)12(15)16/h1-7H,(H,15,16). The van der Waals surface area contributed by atoms with Gasteiger partial charge >= 0.3 is 5.97 Å². The van der Waals surface area contributed by atoms with Gasteiger partial charge < -0.3 is 5.11 Å². The van der Waals surface area contributed by atoms with E-state index in [1.165, 1.54) is 6.20 Å². The molecule has 0 fully saturated rings. The molecule has 16 heavy (non-hydrogen) atoms. The van der Waals surface area contributed by atoms with Gasteiger partial charge in [-0.2, -0.15) is 0 Å². The number of halogens is 1. The molecule has 0 aliphatic rings. The summed E-state index contributed by atoms with van der Waals surface area (Å²) in [6.45, 7) is 0. The molecule has 0 aliphatic carbocycles. The van der Waals surface area contributed by atoms with Gasteiger partial charge in [-0.15, -0.1) is 0 Å². The van der Waals surface area contributed by atoms with E-state index in [0.717, 1.165) is 5.56 Å². The summed E-state index contributed by atoms with van der Waals surface area (Å²) in [5, 5.41) is 9.41. The van der Waals surface area contributed by atoms with Gasteiger partial charge in [0.15, 0.2) is 0 Å². The van der Waals surface area contributed by atoms with Crippen molar-refractivity contribution in [1.29, 1.82) is 0 Å². The highest BCUT2D eigenvalue weighted by Crippen LogP contribution is 2.19. The van der Waals surface area contributed by atoms with Gasteiger partial charge in [0.05, 0.1) is 16.3 Å². The normalized spacial score (nSPS) is 10.1. The van der Waals surface area contributed by atoms with E-state index in [4.69, 9.17) is 16.7 Å². The lowest BCUT2D eigenvalue weighted by atomic mass is 10.1. The SMILES string of the molecule is O=C(O)c1cccc(-c2ccc(Cl)cn2)c1. The van der Waals surface area contributed by atoms with Gasteiger partial charge in [-0.05, 0) is 24.3 Å². The number of carbonyl (C=O) groups is 1. The molecule has 0 unspecified atom stereocenters. The molecule has 1 heterocycles. The molecule has 4 heteroatoms. The summed E-state index contributed by atoms with van der Waals surface area (Å²) in [6, 6.07) is 10.1. The first-order valence-electron chi connectivity index (χ1n) is 4.62. The van der Waals surface area contributed by atoms with Crippen LogP contribution in [0.15, 0.2) is 42.6 Å². The first-order valence-corrected chi connectivity index (χ1v) is 5.00. The number of carboxylic acids is 1. The zero-order valence-electron chi connectivity index (χ0n) is 8.22. The summed E-state index contributed by atoms with van der Waals surface area (Å²) < 4.78 is 0. The van der Waals surface area contributed by atoms with E-state index >= 15 is 0 Å². The molecule has 3 nitrogen and oxygen atoms in total. The Morgan fingerprint density at radius 2 is 2.06 bits per heavy atom. The summed E-state index contributed by atoms with van der Waals surface area (Å²) in [4.78, 5) is 14.9. The third-order valence-electron chi connectivity index (χ3n) is 2.13. The molecule has 1 aromatic carbocycles. The number of pyridine rings is 1. The summed E-state index contributed by atoms with van der Waals surface area (Å²) >= 11 is 5.72. The van der Waals surface area contributed by atoms with E-state index in [1.54, 1.807) is 30.3 Å². The second-order valence-electron chi connectivity index (χ2n) is 3.25. The molecular formula is C12H8ClNO2. The topological polar surface area (TPSA) is 50.2 Å². The zero-order chi connectivity index (χ0) is 11.5. The Hall–Kier alpha value is -1.87. The van der Waals surface area contributed by atoms with Crippen LogP contribution >= 0.6 is 11.6 Å². The van der Waals surface area contributed by atoms with Crippen molar-refractivity contribution in [3.05, 3.63) is 53.2 Å². The number of aromatic carboxylic acids is 1. The molecule has 0 aliphatic heterocycles. The minimum absolute atomic E-state index is 0.245. The number of nitrogens with zero attached hydrogens (tertiary/aromatic N) is 1. The van der Waals surface area contributed by atoms with Crippen molar-refractivity contribution in [3.63, 3.8) is 0 Å². The molecular weight excluding hydrogens is 226 g/mol. The number of rotatable bonds is 2. The highest BCUT2D eigenvalue weighted by molar-refractivity contribution is 6.30. The van der Waals surface area contributed by atoms with Gasteiger partial charge in [-0.3, -0.25) is 4.98 Å². The van der Waals surface area contributed by atoms with Crippen molar-refractivity contribution in [3.8, 4) is 11.3 Å². The fraction of sp³-hybridized carbons (Fsp3) is 0. The molecule has 1 aromatic heterocycles. The third-order valence-corrected chi connectivity index (χ3v) is 2.36. The maximum absolute atomic E-state index is 10.8. The molecule has 0 atom stereocenters. The molecule has 0 amide bonds. The van der Waals surface area contributed by atoms with Gasteiger partial charge in [0.1, 0.15) is 0 Å². The molecule has 0 radical (unpaired) electrons.